The molecule has 0 aliphatic carbocycles. The summed E-state index contributed by atoms with van der Waals surface area (Å²) in [6, 6.07) is 6.11. The van der Waals surface area contributed by atoms with Crippen molar-refractivity contribution in [2.24, 2.45) is 0 Å². The predicted molar refractivity (Wildman–Crippen MR) is 53.1 cm³/mol. The van der Waals surface area contributed by atoms with Crippen LogP contribution in [0.1, 0.15) is 5.56 Å². The lowest BCUT2D eigenvalue weighted by Gasteiger charge is -2.25. The molecule has 1 saturated heterocycles. The van der Waals surface area contributed by atoms with Crippen molar-refractivity contribution >= 4 is 6.41 Å². The smallest absolute Gasteiger partial charge is 0.295 e. The van der Waals surface area contributed by atoms with Gasteiger partial charge in [0.05, 0.1) is 6.61 Å². The normalized spacial score (nSPS) is 21.2. The molecule has 5 heteroatoms. The number of hydrogen-bond donors (Lipinski definition) is 1. The number of epoxide rings is 1. The highest BCUT2D eigenvalue weighted by molar-refractivity contribution is 5.48. The van der Waals surface area contributed by atoms with Gasteiger partial charge in [0.1, 0.15) is 12.1 Å². The van der Waals surface area contributed by atoms with Crippen molar-refractivity contribution in [3.05, 3.63) is 35.9 Å². The Hall–Kier alpha value is -1.49. The molecule has 0 saturated carbocycles. The van der Waals surface area contributed by atoms with Crippen LogP contribution in [0.4, 0.5) is 8.78 Å². The quantitative estimate of drug-likeness (QED) is 0.608. The summed E-state index contributed by atoms with van der Waals surface area (Å²) < 4.78 is 32.8. The fourth-order valence-electron chi connectivity index (χ4n) is 1.61. The van der Waals surface area contributed by atoms with Crippen molar-refractivity contribution < 1.29 is 18.3 Å². The number of hydrogen-bond acceptors (Lipinski definition) is 2. The summed E-state index contributed by atoms with van der Waals surface area (Å²) in [6.07, 6.45) is -0.316. The minimum absolute atomic E-state index is 0.121. The van der Waals surface area contributed by atoms with Crippen LogP contribution in [0.25, 0.3) is 0 Å². The number of rotatable bonds is 5. The van der Waals surface area contributed by atoms with E-state index in [4.69, 9.17) is 4.74 Å². The van der Waals surface area contributed by atoms with Crippen LogP contribution in [-0.2, 0) is 15.5 Å². The van der Waals surface area contributed by atoms with Gasteiger partial charge in [-0.05, 0) is 0 Å². The second-order valence-electron chi connectivity index (χ2n) is 3.62. The fourth-order valence-corrected chi connectivity index (χ4v) is 1.61. The van der Waals surface area contributed by atoms with Crippen LogP contribution in [0.15, 0.2) is 30.3 Å². The van der Waals surface area contributed by atoms with Crippen LogP contribution in [0.3, 0.4) is 0 Å². The summed E-state index contributed by atoms with van der Waals surface area (Å²) in [5.41, 5.74) is -0.121. The van der Waals surface area contributed by atoms with Gasteiger partial charge in [0, 0.05) is 5.56 Å². The molecule has 1 aliphatic rings. The van der Waals surface area contributed by atoms with E-state index in [9.17, 15) is 13.6 Å². The number of amides is 1. The third-order valence-electron chi connectivity index (χ3n) is 2.53. The molecule has 0 unspecified atom stereocenters. The van der Waals surface area contributed by atoms with Gasteiger partial charge in [0.2, 0.25) is 6.41 Å². The van der Waals surface area contributed by atoms with Gasteiger partial charge < -0.3 is 10.1 Å². The van der Waals surface area contributed by atoms with Gasteiger partial charge >= 0.3 is 0 Å². The molecule has 2 atom stereocenters. The standard InChI is InChI=1S/C11H11F2NO2/c12-11(13,8-4-2-1-3-5-8)10(14-7-15)9-6-16-9/h1-5,7,9-10H,6H2,(H,14,15)/t9-,10-/m1/s1. The van der Waals surface area contributed by atoms with Crippen LogP contribution in [-0.4, -0.2) is 25.2 Å². The molecule has 1 N–H and O–H groups in total. The number of ether oxygens (including phenoxy) is 1. The molecule has 16 heavy (non-hydrogen) atoms. The van der Waals surface area contributed by atoms with Crippen molar-refractivity contribution in [1.29, 1.82) is 0 Å². The first-order chi connectivity index (χ1) is 7.66. The Kier molecular flexibility index (Phi) is 2.87. The topological polar surface area (TPSA) is 41.6 Å². The minimum Gasteiger partial charge on any atom is -0.371 e. The number of carbonyl (C=O) groups is 1. The van der Waals surface area contributed by atoms with Gasteiger partial charge in [-0.1, -0.05) is 30.3 Å². The van der Waals surface area contributed by atoms with Gasteiger partial charge in [0.15, 0.2) is 0 Å². The molecule has 1 fully saturated rings. The zero-order valence-corrected chi connectivity index (χ0v) is 8.40. The molecule has 0 radical (unpaired) electrons. The van der Waals surface area contributed by atoms with E-state index in [1.54, 1.807) is 6.07 Å². The summed E-state index contributed by atoms with van der Waals surface area (Å²) in [6.45, 7) is 0.258. The molecule has 2 rings (SSSR count). The highest BCUT2D eigenvalue weighted by Gasteiger charge is 2.50. The molecule has 0 bridgehead atoms. The zero-order valence-electron chi connectivity index (χ0n) is 8.40. The molecule has 1 heterocycles. The number of carbonyl (C=O) groups excluding carboxylic acids is 1. The minimum atomic E-state index is -3.12. The van der Waals surface area contributed by atoms with Crippen LogP contribution in [0, 0.1) is 0 Å². The summed E-state index contributed by atoms with van der Waals surface area (Å²) in [5.74, 6) is -3.12. The highest BCUT2D eigenvalue weighted by Crippen LogP contribution is 2.36. The predicted octanol–water partition coefficient (Wildman–Crippen LogP) is 1.29. The Morgan fingerprint density at radius 1 is 1.44 bits per heavy atom. The monoisotopic (exact) mass is 227 g/mol. The maximum Gasteiger partial charge on any atom is 0.295 e. The van der Waals surface area contributed by atoms with Gasteiger partial charge in [-0.15, -0.1) is 0 Å². The Morgan fingerprint density at radius 2 is 2.06 bits per heavy atom. The van der Waals surface area contributed by atoms with E-state index in [0.29, 0.717) is 0 Å². The molecule has 0 spiro atoms. The third kappa shape index (κ3) is 2.04. The number of alkyl halides is 2. The first-order valence-corrected chi connectivity index (χ1v) is 4.91. The lowest BCUT2D eigenvalue weighted by molar-refractivity contribution is -0.115. The van der Waals surface area contributed by atoms with Crippen LogP contribution >= 0.6 is 0 Å². The molecular weight excluding hydrogens is 216 g/mol. The zero-order chi connectivity index (χ0) is 11.6. The van der Waals surface area contributed by atoms with Crippen molar-refractivity contribution in [2.45, 2.75) is 18.1 Å². The van der Waals surface area contributed by atoms with Gasteiger partial charge in [-0.2, -0.15) is 8.78 Å². The molecule has 0 aromatic heterocycles. The summed E-state index contributed by atoms with van der Waals surface area (Å²) in [7, 11) is 0. The summed E-state index contributed by atoms with van der Waals surface area (Å²) in [5, 5.41) is 2.13. The largest absolute Gasteiger partial charge is 0.371 e. The average Bonchev–Trinajstić information content (AvgIpc) is 3.11. The third-order valence-corrected chi connectivity index (χ3v) is 2.53. The van der Waals surface area contributed by atoms with E-state index in [0.717, 1.165) is 0 Å². The second kappa shape index (κ2) is 4.17. The van der Waals surface area contributed by atoms with Gasteiger partial charge in [-0.3, -0.25) is 4.79 Å². The molecule has 1 aromatic rings. The maximum atomic E-state index is 14.0. The van der Waals surface area contributed by atoms with Crippen LogP contribution in [0.2, 0.25) is 0 Å². The average molecular weight is 227 g/mol. The molecule has 1 amide bonds. The molecule has 1 aromatic carbocycles. The lowest BCUT2D eigenvalue weighted by Crippen LogP contribution is -2.46. The van der Waals surface area contributed by atoms with Gasteiger partial charge in [-0.25, -0.2) is 0 Å². The Labute approximate surface area is 91.4 Å². The van der Waals surface area contributed by atoms with Crippen molar-refractivity contribution in [3.63, 3.8) is 0 Å². The first-order valence-electron chi connectivity index (χ1n) is 4.91. The van der Waals surface area contributed by atoms with E-state index >= 15 is 0 Å². The van der Waals surface area contributed by atoms with E-state index in [1.807, 2.05) is 0 Å². The maximum absolute atomic E-state index is 14.0. The fraction of sp³-hybridized carbons (Fsp3) is 0.364. The second-order valence-corrected chi connectivity index (χ2v) is 3.62. The van der Waals surface area contributed by atoms with Crippen molar-refractivity contribution in [3.8, 4) is 0 Å². The Morgan fingerprint density at radius 3 is 2.56 bits per heavy atom. The van der Waals surface area contributed by atoms with Crippen LogP contribution in [0.5, 0.6) is 0 Å². The first kappa shape index (κ1) is 11.0. The molecule has 1 aliphatic heterocycles. The number of halogens is 2. The summed E-state index contributed by atoms with van der Waals surface area (Å²) >= 11 is 0. The lowest BCUT2D eigenvalue weighted by atomic mass is 9.99. The highest BCUT2D eigenvalue weighted by atomic mass is 19.3. The van der Waals surface area contributed by atoms with E-state index < -0.39 is 18.1 Å². The SMILES string of the molecule is O=CN[C@H]([C@H]1CO1)C(F)(F)c1ccccc1. The van der Waals surface area contributed by atoms with E-state index in [-0.39, 0.29) is 18.6 Å². The molecule has 3 nitrogen and oxygen atoms in total. The van der Waals surface area contributed by atoms with E-state index in [2.05, 4.69) is 5.32 Å². The summed E-state index contributed by atoms with van der Waals surface area (Å²) in [4.78, 5) is 10.3. The van der Waals surface area contributed by atoms with Crippen molar-refractivity contribution in [2.75, 3.05) is 6.61 Å². The molecule has 86 valence electrons. The van der Waals surface area contributed by atoms with Gasteiger partial charge in [0.25, 0.3) is 5.92 Å². The Bertz CT molecular complexity index is 366. The number of benzene rings is 1. The van der Waals surface area contributed by atoms with Crippen molar-refractivity contribution in [1.82, 2.24) is 5.32 Å². The van der Waals surface area contributed by atoms with Crippen LogP contribution < -0.4 is 5.32 Å². The van der Waals surface area contributed by atoms with E-state index in [1.165, 1.54) is 24.3 Å². The Balaban J connectivity index is 2.24. The number of nitrogens with one attached hydrogen (secondary N) is 1. The molecular formula is C11H11F2NO2.